The number of nitrogens with one attached hydrogen (secondary N) is 1. The summed E-state index contributed by atoms with van der Waals surface area (Å²) in [5.74, 6) is -0.206. The van der Waals surface area contributed by atoms with Gasteiger partial charge in [-0.2, -0.15) is 5.10 Å². The number of rotatable bonds is 4. The third kappa shape index (κ3) is 3.16. The Morgan fingerprint density at radius 2 is 2.11 bits per heavy atom. The maximum Gasteiger partial charge on any atom is 0.123 e. The minimum Gasteiger partial charge on any atom is -0.313 e. The maximum absolute atomic E-state index is 13.4. The number of halogens is 1. The van der Waals surface area contributed by atoms with E-state index in [0.717, 1.165) is 21.2 Å². The molecule has 2 aromatic rings. The molecule has 0 fully saturated rings. The summed E-state index contributed by atoms with van der Waals surface area (Å²) < 4.78 is 15.3. The molecule has 5 heteroatoms. The Balaban J connectivity index is 2.36. The minimum atomic E-state index is -0.206. The molecule has 0 spiro atoms. The Labute approximate surface area is 117 Å². The number of hydrogen-bond acceptors (Lipinski definition) is 3. The first kappa shape index (κ1) is 14.1. The lowest BCUT2D eigenvalue weighted by Gasteiger charge is -2.15. The van der Waals surface area contributed by atoms with Gasteiger partial charge < -0.3 is 5.32 Å². The second-order valence-corrected chi connectivity index (χ2v) is 5.60. The van der Waals surface area contributed by atoms with Crippen molar-refractivity contribution < 1.29 is 4.39 Å². The highest BCUT2D eigenvalue weighted by Gasteiger charge is 2.13. The summed E-state index contributed by atoms with van der Waals surface area (Å²) in [5, 5.41) is 8.53. The summed E-state index contributed by atoms with van der Waals surface area (Å²) in [4.78, 5) is 1.05. The highest BCUT2D eigenvalue weighted by molar-refractivity contribution is 7.99. The molecule has 1 aromatic heterocycles. The van der Waals surface area contributed by atoms with Crippen molar-refractivity contribution in [1.82, 2.24) is 15.1 Å². The summed E-state index contributed by atoms with van der Waals surface area (Å²) in [6, 6.07) is 7.05. The number of aryl methyl sites for hydroxylation is 2. The fourth-order valence-corrected chi connectivity index (χ4v) is 3.02. The molecule has 1 atom stereocenters. The van der Waals surface area contributed by atoms with Crippen LogP contribution in [0.5, 0.6) is 0 Å². The van der Waals surface area contributed by atoms with Crippen LogP contribution in [-0.4, -0.2) is 16.8 Å². The SMILES string of the molecule is CNC(C)c1cc(F)ccc1Sc1cc(C)nn1C. The van der Waals surface area contributed by atoms with Crippen molar-refractivity contribution in [3.8, 4) is 0 Å². The number of hydrogen-bond donors (Lipinski definition) is 1. The van der Waals surface area contributed by atoms with E-state index in [2.05, 4.69) is 10.4 Å². The van der Waals surface area contributed by atoms with Gasteiger partial charge in [-0.05, 0) is 50.7 Å². The lowest BCUT2D eigenvalue weighted by Crippen LogP contribution is -2.13. The predicted molar refractivity (Wildman–Crippen MR) is 75.9 cm³/mol. The molecule has 1 unspecified atom stereocenters. The van der Waals surface area contributed by atoms with Crippen LogP contribution < -0.4 is 5.32 Å². The molecule has 0 aliphatic carbocycles. The molecule has 2 rings (SSSR count). The fraction of sp³-hybridized carbons (Fsp3) is 0.357. The van der Waals surface area contributed by atoms with Crippen LogP contribution in [0.1, 0.15) is 24.2 Å². The van der Waals surface area contributed by atoms with Crippen LogP contribution in [0.4, 0.5) is 4.39 Å². The summed E-state index contributed by atoms with van der Waals surface area (Å²) in [7, 11) is 3.79. The van der Waals surface area contributed by atoms with Crippen molar-refractivity contribution in [2.75, 3.05) is 7.05 Å². The molecule has 102 valence electrons. The first-order valence-electron chi connectivity index (χ1n) is 6.16. The van der Waals surface area contributed by atoms with Gasteiger partial charge in [0.05, 0.1) is 10.7 Å². The van der Waals surface area contributed by atoms with Crippen LogP contribution in [0.2, 0.25) is 0 Å². The highest BCUT2D eigenvalue weighted by Crippen LogP contribution is 2.33. The standard InChI is InChI=1S/C14H18FN3S/c1-9-7-14(18(4)17-9)19-13-6-5-11(15)8-12(13)10(2)16-3/h5-8,10,16H,1-4H3. The van der Waals surface area contributed by atoms with Crippen molar-refractivity contribution in [3.05, 3.63) is 41.3 Å². The predicted octanol–water partition coefficient (Wildman–Crippen LogP) is 3.30. The monoisotopic (exact) mass is 279 g/mol. The molecule has 0 saturated carbocycles. The van der Waals surface area contributed by atoms with Crippen LogP contribution in [-0.2, 0) is 7.05 Å². The third-order valence-corrected chi connectivity index (χ3v) is 4.23. The second-order valence-electron chi connectivity index (χ2n) is 4.54. The molecular formula is C14H18FN3S. The molecule has 1 N–H and O–H groups in total. The van der Waals surface area contributed by atoms with Crippen LogP contribution >= 0.6 is 11.8 Å². The highest BCUT2D eigenvalue weighted by atomic mass is 32.2. The van der Waals surface area contributed by atoms with E-state index in [1.807, 2.05) is 44.8 Å². The first-order valence-corrected chi connectivity index (χ1v) is 6.98. The van der Waals surface area contributed by atoms with Gasteiger partial charge in [-0.15, -0.1) is 0 Å². The molecule has 0 saturated heterocycles. The van der Waals surface area contributed by atoms with E-state index in [1.54, 1.807) is 17.8 Å². The normalized spacial score (nSPS) is 12.7. The van der Waals surface area contributed by atoms with Gasteiger partial charge in [-0.1, -0.05) is 11.8 Å². The van der Waals surface area contributed by atoms with Gasteiger partial charge >= 0.3 is 0 Å². The fourth-order valence-electron chi connectivity index (χ4n) is 1.90. The van der Waals surface area contributed by atoms with Crippen LogP contribution in [0.25, 0.3) is 0 Å². The second kappa shape index (κ2) is 5.75. The lowest BCUT2D eigenvalue weighted by molar-refractivity contribution is 0.601. The minimum absolute atomic E-state index is 0.104. The zero-order valence-electron chi connectivity index (χ0n) is 11.6. The quantitative estimate of drug-likeness (QED) is 0.931. The maximum atomic E-state index is 13.4. The number of nitrogens with zero attached hydrogens (tertiary/aromatic N) is 2. The van der Waals surface area contributed by atoms with Gasteiger partial charge in [0.15, 0.2) is 0 Å². The number of aromatic nitrogens is 2. The van der Waals surface area contributed by atoms with Gasteiger partial charge in [-0.25, -0.2) is 4.39 Å². The largest absolute Gasteiger partial charge is 0.313 e. The van der Waals surface area contributed by atoms with Gasteiger partial charge in [0.25, 0.3) is 0 Å². The Bertz CT molecular complexity index is 580. The van der Waals surface area contributed by atoms with Gasteiger partial charge in [0, 0.05) is 18.0 Å². The van der Waals surface area contributed by atoms with E-state index in [0.29, 0.717) is 0 Å². The molecule has 0 radical (unpaired) electrons. The Morgan fingerprint density at radius 3 is 2.68 bits per heavy atom. The molecular weight excluding hydrogens is 261 g/mol. The van der Waals surface area contributed by atoms with Crippen LogP contribution in [0, 0.1) is 12.7 Å². The van der Waals surface area contributed by atoms with Gasteiger partial charge in [-0.3, -0.25) is 4.68 Å². The molecule has 0 amide bonds. The molecule has 1 heterocycles. The summed E-state index contributed by atoms with van der Waals surface area (Å²) in [6.45, 7) is 3.99. The molecule has 0 aliphatic rings. The van der Waals surface area contributed by atoms with Crippen molar-refractivity contribution in [2.24, 2.45) is 7.05 Å². The van der Waals surface area contributed by atoms with E-state index >= 15 is 0 Å². The van der Waals surface area contributed by atoms with Crippen molar-refractivity contribution in [3.63, 3.8) is 0 Å². The topological polar surface area (TPSA) is 29.9 Å². The average Bonchev–Trinajstić information content (AvgIpc) is 2.69. The summed E-state index contributed by atoms with van der Waals surface area (Å²) >= 11 is 1.61. The third-order valence-electron chi connectivity index (χ3n) is 3.04. The zero-order chi connectivity index (χ0) is 14.0. The number of benzene rings is 1. The van der Waals surface area contributed by atoms with E-state index < -0.39 is 0 Å². The zero-order valence-corrected chi connectivity index (χ0v) is 12.4. The van der Waals surface area contributed by atoms with E-state index in [4.69, 9.17) is 0 Å². The van der Waals surface area contributed by atoms with Crippen molar-refractivity contribution in [1.29, 1.82) is 0 Å². The van der Waals surface area contributed by atoms with E-state index in [-0.39, 0.29) is 11.9 Å². The van der Waals surface area contributed by atoms with E-state index in [1.165, 1.54) is 6.07 Å². The van der Waals surface area contributed by atoms with Crippen molar-refractivity contribution in [2.45, 2.75) is 29.8 Å². The van der Waals surface area contributed by atoms with Crippen LogP contribution in [0.3, 0.4) is 0 Å². The Kier molecular flexibility index (Phi) is 4.27. The Hall–Kier alpha value is -1.33. The van der Waals surface area contributed by atoms with Crippen molar-refractivity contribution >= 4 is 11.8 Å². The first-order chi connectivity index (χ1) is 9.01. The molecule has 0 bridgehead atoms. The van der Waals surface area contributed by atoms with Gasteiger partial charge in [0.2, 0.25) is 0 Å². The smallest absolute Gasteiger partial charge is 0.123 e. The summed E-state index contributed by atoms with van der Waals surface area (Å²) in [5.41, 5.74) is 1.95. The molecule has 19 heavy (non-hydrogen) atoms. The summed E-state index contributed by atoms with van der Waals surface area (Å²) in [6.07, 6.45) is 0. The van der Waals surface area contributed by atoms with Crippen LogP contribution in [0.15, 0.2) is 34.2 Å². The Morgan fingerprint density at radius 1 is 1.37 bits per heavy atom. The average molecular weight is 279 g/mol. The molecule has 3 nitrogen and oxygen atoms in total. The molecule has 1 aromatic carbocycles. The van der Waals surface area contributed by atoms with E-state index in [9.17, 15) is 4.39 Å². The lowest BCUT2D eigenvalue weighted by atomic mass is 10.1. The van der Waals surface area contributed by atoms with Gasteiger partial charge in [0.1, 0.15) is 5.82 Å². The molecule has 0 aliphatic heterocycles.